The second-order valence-electron chi connectivity index (χ2n) is 4.91. The molecule has 8 heteroatoms. The zero-order valence-electron chi connectivity index (χ0n) is 11.6. The predicted octanol–water partition coefficient (Wildman–Crippen LogP) is 2.58. The third kappa shape index (κ3) is 2.13. The van der Waals surface area contributed by atoms with Gasteiger partial charge in [-0.15, -0.1) is 0 Å². The third-order valence-electron chi connectivity index (χ3n) is 3.36. The summed E-state index contributed by atoms with van der Waals surface area (Å²) in [6.45, 7) is 1.78. The van der Waals surface area contributed by atoms with Crippen molar-refractivity contribution in [2.75, 3.05) is 16.0 Å². The number of carbonyl (C=O) groups excluding carboxylic acids is 1. The van der Waals surface area contributed by atoms with Crippen LogP contribution >= 0.6 is 11.3 Å². The molecule has 0 aliphatic carbocycles. The molecule has 0 radical (unpaired) electrons. The zero-order chi connectivity index (χ0) is 15.1. The lowest BCUT2D eigenvalue weighted by Gasteiger charge is -2.24. The van der Waals surface area contributed by atoms with Crippen molar-refractivity contribution in [3.05, 3.63) is 30.6 Å². The topological polar surface area (TPSA) is 91.8 Å². The molecule has 3 heterocycles. The fourth-order valence-electron chi connectivity index (χ4n) is 2.24. The fraction of sp³-hybridized carbons (Fsp3) is 0.143. The second kappa shape index (κ2) is 4.92. The zero-order valence-corrected chi connectivity index (χ0v) is 12.4. The second-order valence-corrected chi connectivity index (χ2v) is 5.94. The molecule has 7 nitrogen and oxygen atoms in total. The lowest BCUT2D eigenvalue weighted by atomic mass is 10.2. The normalized spacial score (nSPS) is 16.8. The summed E-state index contributed by atoms with van der Waals surface area (Å²) in [5.74, 6) is 1.01. The first kappa shape index (κ1) is 13.0. The van der Waals surface area contributed by atoms with Gasteiger partial charge in [0.05, 0.1) is 10.2 Å². The summed E-state index contributed by atoms with van der Waals surface area (Å²) in [7, 11) is 0. The van der Waals surface area contributed by atoms with Crippen LogP contribution in [-0.4, -0.2) is 26.9 Å². The minimum Gasteiger partial charge on any atom is -0.357 e. The molecular formula is C14H12N6OS. The summed E-state index contributed by atoms with van der Waals surface area (Å²) in [4.78, 5) is 24.7. The van der Waals surface area contributed by atoms with E-state index in [2.05, 4.69) is 30.9 Å². The Kier molecular flexibility index (Phi) is 2.90. The van der Waals surface area contributed by atoms with E-state index in [0.717, 1.165) is 15.3 Å². The predicted molar refractivity (Wildman–Crippen MR) is 86.6 cm³/mol. The van der Waals surface area contributed by atoms with Crippen molar-refractivity contribution in [1.29, 1.82) is 0 Å². The van der Waals surface area contributed by atoms with Crippen LogP contribution in [0.2, 0.25) is 0 Å². The van der Waals surface area contributed by atoms with Crippen molar-refractivity contribution in [2.24, 2.45) is 0 Å². The molecule has 1 aromatic carbocycles. The molecule has 3 N–H and O–H groups in total. The first-order valence-electron chi connectivity index (χ1n) is 6.76. The van der Waals surface area contributed by atoms with Crippen LogP contribution in [0.4, 0.5) is 22.5 Å². The van der Waals surface area contributed by atoms with Crippen molar-refractivity contribution in [1.82, 2.24) is 15.0 Å². The van der Waals surface area contributed by atoms with E-state index in [1.165, 1.54) is 17.7 Å². The van der Waals surface area contributed by atoms with Crippen LogP contribution in [0.15, 0.2) is 30.6 Å². The first-order chi connectivity index (χ1) is 10.7. The Balaban J connectivity index is 1.71. The molecule has 3 aromatic rings. The van der Waals surface area contributed by atoms with E-state index in [-0.39, 0.29) is 11.9 Å². The SMILES string of the molecule is CC1Nc2ncnc(Nc3nc4ccccc4s3)c2NC1=O. The number of carbonyl (C=O) groups is 1. The van der Waals surface area contributed by atoms with Crippen LogP contribution in [0.1, 0.15) is 6.92 Å². The average molecular weight is 312 g/mol. The number of nitrogens with zero attached hydrogens (tertiary/aromatic N) is 3. The number of amides is 1. The molecule has 0 spiro atoms. The van der Waals surface area contributed by atoms with Crippen molar-refractivity contribution in [3.8, 4) is 0 Å². The Bertz CT molecular complexity index is 844. The van der Waals surface area contributed by atoms with E-state index in [1.807, 2.05) is 24.3 Å². The van der Waals surface area contributed by atoms with Crippen molar-refractivity contribution >= 4 is 49.9 Å². The summed E-state index contributed by atoms with van der Waals surface area (Å²) in [6, 6.07) is 7.57. The number of hydrogen-bond acceptors (Lipinski definition) is 7. The number of fused-ring (bicyclic) bond motifs is 2. The summed E-state index contributed by atoms with van der Waals surface area (Å²) >= 11 is 1.53. The van der Waals surface area contributed by atoms with Gasteiger partial charge in [0.25, 0.3) is 0 Å². The van der Waals surface area contributed by atoms with Crippen LogP contribution in [0.25, 0.3) is 10.2 Å². The Labute approximate surface area is 129 Å². The largest absolute Gasteiger partial charge is 0.357 e. The Morgan fingerprint density at radius 3 is 3.00 bits per heavy atom. The van der Waals surface area contributed by atoms with Gasteiger partial charge in [0, 0.05) is 0 Å². The van der Waals surface area contributed by atoms with Crippen LogP contribution < -0.4 is 16.0 Å². The number of para-hydroxylation sites is 1. The van der Waals surface area contributed by atoms with Crippen LogP contribution in [0, 0.1) is 0 Å². The lowest BCUT2D eigenvalue weighted by molar-refractivity contribution is -0.116. The number of hydrogen-bond donors (Lipinski definition) is 3. The quantitative estimate of drug-likeness (QED) is 0.673. The smallest absolute Gasteiger partial charge is 0.246 e. The average Bonchev–Trinajstić information content (AvgIpc) is 2.91. The van der Waals surface area contributed by atoms with E-state index in [4.69, 9.17) is 0 Å². The maximum Gasteiger partial charge on any atom is 0.246 e. The molecule has 0 bridgehead atoms. The molecule has 110 valence electrons. The Morgan fingerprint density at radius 1 is 1.27 bits per heavy atom. The highest BCUT2D eigenvalue weighted by atomic mass is 32.1. The van der Waals surface area contributed by atoms with E-state index in [0.29, 0.717) is 17.3 Å². The Hall–Kier alpha value is -2.74. The number of nitrogens with one attached hydrogen (secondary N) is 3. The third-order valence-corrected chi connectivity index (χ3v) is 4.31. The molecule has 1 aliphatic rings. The molecular weight excluding hydrogens is 300 g/mol. The molecule has 0 fully saturated rings. The fourth-order valence-corrected chi connectivity index (χ4v) is 3.10. The highest BCUT2D eigenvalue weighted by molar-refractivity contribution is 7.22. The monoisotopic (exact) mass is 312 g/mol. The van der Waals surface area contributed by atoms with Crippen LogP contribution in [0.5, 0.6) is 0 Å². The van der Waals surface area contributed by atoms with E-state index in [1.54, 1.807) is 6.92 Å². The van der Waals surface area contributed by atoms with Crippen LogP contribution in [-0.2, 0) is 4.79 Å². The van der Waals surface area contributed by atoms with Gasteiger partial charge in [-0.2, -0.15) is 0 Å². The highest BCUT2D eigenvalue weighted by Crippen LogP contribution is 2.34. The van der Waals surface area contributed by atoms with Crippen molar-refractivity contribution < 1.29 is 4.79 Å². The summed E-state index contributed by atoms with van der Waals surface area (Å²) < 4.78 is 1.09. The molecule has 22 heavy (non-hydrogen) atoms. The molecule has 0 saturated carbocycles. The van der Waals surface area contributed by atoms with Crippen molar-refractivity contribution in [3.63, 3.8) is 0 Å². The number of aromatic nitrogens is 3. The maximum absolute atomic E-state index is 11.8. The van der Waals surface area contributed by atoms with Gasteiger partial charge in [0.2, 0.25) is 5.91 Å². The lowest BCUT2D eigenvalue weighted by Crippen LogP contribution is -2.37. The molecule has 1 atom stereocenters. The van der Waals surface area contributed by atoms with Gasteiger partial charge in [0.1, 0.15) is 18.1 Å². The van der Waals surface area contributed by atoms with E-state index >= 15 is 0 Å². The minimum absolute atomic E-state index is 0.116. The molecule has 0 saturated heterocycles. The van der Waals surface area contributed by atoms with Gasteiger partial charge < -0.3 is 16.0 Å². The Morgan fingerprint density at radius 2 is 2.14 bits per heavy atom. The van der Waals surface area contributed by atoms with Gasteiger partial charge in [-0.3, -0.25) is 4.79 Å². The molecule has 1 amide bonds. The van der Waals surface area contributed by atoms with Gasteiger partial charge in [-0.25, -0.2) is 15.0 Å². The molecule has 2 aromatic heterocycles. The van der Waals surface area contributed by atoms with E-state index in [9.17, 15) is 4.79 Å². The molecule has 1 unspecified atom stereocenters. The maximum atomic E-state index is 11.8. The summed E-state index contributed by atoms with van der Waals surface area (Å²) in [5, 5.41) is 9.74. The van der Waals surface area contributed by atoms with Gasteiger partial charge >= 0.3 is 0 Å². The standard InChI is InChI=1S/C14H12N6OS/c1-7-13(21)19-10-11(17-7)15-6-16-12(10)20-14-18-8-4-2-3-5-9(8)22-14/h2-7H,1H3,(H,19,21)(H2,15,16,17,18,20). The van der Waals surface area contributed by atoms with Crippen LogP contribution in [0.3, 0.4) is 0 Å². The van der Waals surface area contributed by atoms with Gasteiger partial charge in [-0.1, -0.05) is 23.5 Å². The molecule has 4 rings (SSSR count). The molecule has 1 aliphatic heterocycles. The number of anilines is 4. The number of thiazole rings is 1. The highest BCUT2D eigenvalue weighted by Gasteiger charge is 2.25. The number of rotatable bonds is 2. The van der Waals surface area contributed by atoms with E-state index < -0.39 is 0 Å². The first-order valence-corrected chi connectivity index (χ1v) is 7.57. The minimum atomic E-state index is -0.322. The number of benzene rings is 1. The van der Waals surface area contributed by atoms with Gasteiger partial charge in [-0.05, 0) is 19.1 Å². The van der Waals surface area contributed by atoms with Crippen molar-refractivity contribution in [2.45, 2.75) is 13.0 Å². The summed E-state index contributed by atoms with van der Waals surface area (Å²) in [5.41, 5.74) is 1.47. The van der Waals surface area contributed by atoms with Gasteiger partial charge in [0.15, 0.2) is 16.8 Å². The summed E-state index contributed by atoms with van der Waals surface area (Å²) in [6.07, 6.45) is 1.45.